The summed E-state index contributed by atoms with van der Waals surface area (Å²) in [7, 11) is 1.50. The topological polar surface area (TPSA) is 90.1 Å². The lowest BCUT2D eigenvalue weighted by Gasteiger charge is -2.09. The van der Waals surface area contributed by atoms with Crippen LogP contribution in [0.25, 0.3) is 11.0 Å². The Balaban J connectivity index is 1.44. The van der Waals surface area contributed by atoms with Gasteiger partial charge in [0.1, 0.15) is 5.58 Å². The van der Waals surface area contributed by atoms with E-state index in [9.17, 15) is 9.59 Å². The molecule has 0 aliphatic heterocycles. The number of nitrogens with one attached hydrogen (secondary N) is 1. The summed E-state index contributed by atoms with van der Waals surface area (Å²) in [5, 5.41) is 4.88. The Kier molecular flexibility index (Phi) is 5.03. The molecule has 0 saturated heterocycles. The highest BCUT2D eigenvalue weighted by molar-refractivity contribution is 5.99. The molecule has 1 aromatic heterocycles. The minimum atomic E-state index is -0.433. The van der Waals surface area contributed by atoms with Crippen molar-refractivity contribution < 1.29 is 23.5 Å². The smallest absolute Gasteiger partial charge is 0.314 e. The van der Waals surface area contributed by atoms with Crippen LogP contribution in [0.15, 0.2) is 52.0 Å². The summed E-state index contributed by atoms with van der Waals surface area (Å²) >= 11 is 0. The number of esters is 1. The summed E-state index contributed by atoms with van der Waals surface area (Å²) in [6, 6.07) is 12.5. The van der Waals surface area contributed by atoms with Crippen molar-refractivity contribution in [3.63, 3.8) is 0 Å². The van der Waals surface area contributed by atoms with Gasteiger partial charge in [0.05, 0.1) is 19.2 Å². The molecule has 1 saturated carbocycles. The molecule has 0 radical (unpaired) electrons. The second-order valence-corrected chi connectivity index (χ2v) is 6.86. The zero-order valence-electron chi connectivity index (χ0n) is 16.1. The first-order valence-corrected chi connectivity index (χ1v) is 9.28. The molecule has 1 aliphatic carbocycles. The Bertz CT molecular complexity index is 1110. The van der Waals surface area contributed by atoms with Gasteiger partial charge < -0.3 is 13.9 Å². The molecule has 148 valence electrons. The van der Waals surface area contributed by atoms with Gasteiger partial charge in [-0.3, -0.25) is 9.59 Å². The number of hydrogen-bond donors (Lipinski definition) is 1. The van der Waals surface area contributed by atoms with Gasteiger partial charge >= 0.3 is 11.9 Å². The molecule has 29 heavy (non-hydrogen) atoms. The standard InChI is InChI=1S/C22H20N2O5/c1-13-16-5-3-4-6-17(16)28-20(13)21(25)24-23-12-14-7-10-18(19(11-14)27-2)29-22(26)15-8-9-15/h3-7,10-12,15H,8-9H2,1-2H3,(H,24,25)/b23-12-. The molecule has 0 bridgehead atoms. The van der Waals surface area contributed by atoms with Crippen molar-refractivity contribution in [2.75, 3.05) is 7.11 Å². The third kappa shape index (κ3) is 3.99. The number of benzene rings is 2. The first-order chi connectivity index (χ1) is 14.1. The predicted molar refractivity (Wildman–Crippen MR) is 107 cm³/mol. The molecule has 7 heteroatoms. The maximum atomic E-state index is 12.4. The second-order valence-electron chi connectivity index (χ2n) is 6.86. The van der Waals surface area contributed by atoms with Gasteiger partial charge in [0.15, 0.2) is 17.3 Å². The van der Waals surface area contributed by atoms with E-state index in [1.54, 1.807) is 18.2 Å². The van der Waals surface area contributed by atoms with Gasteiger partial charge in [0.25, 0.3) is 0 Å². The van der Waals surface area contributed by atoms with Gasteiger partial charge in [-0.2, -0.15) is 5.10 Å². The van der Waals surface area contributed by atoms with Crippen LogP contribution < -0.4 is 14.9 Å². The summed E-state index contributed by atoms with van der Waals surface area (Å²) in [5.41, 5.74) is 4.56. The van der Waals surface area contributed by atoms with Crippen molar-refractivity contribution in [2.45, 2.75) is 19.8 Å². The lowest BCUT2D eigenvalue weighted by molar-refractivity contribution is -0.135. The van der Waals surface area contributed by atoms with E-state index in [0.29, 0.717) is 22.6 Å². The fourth-order valence-corrected chi connectivity index (χ4v) is 2.97. The van der Waals surface area contributed by atoms with Gasteiger partial charge in [-0.1, -0.05) is 18.2 Å². The number of furan rings is 1. The van der Waals surface area contributed by atoms with E-state index in [4.69, 9.17) is 13.9 Å². The fraction of sp³-hybridized carbons (Fsp3) is 0.227. The molecule has 7 nitrogen and oxygen atoms in total. The quantitative estimate of drug-likeness (QED) is 0.298. The Hall–Kier alpha value is -3.61. The molecule has 1 aliphatic rings. The molecular formula is C22H20N2O5. The maximum absolute atomic E-state index is 12.4. The highest BCUT2D eigenvalue weighted by Crippen LogP contribution is 2.34. The molecule has 1 amide bonds. The predicted octanol–water partition coefficient (Wildman–Crippen LogP) is 3.83. The van der Waals surface area contributed by atoms with Crippen LogP contribution in [-0.2, 0) is 4.79 Å². The molecule has 0 unspecified atom stereocenters. The SMILES string of the molecule is COc1cc(/C=N\NC(=O)c2oc3ccccc3c2C)ccc1OC(=O)C1CC1. The van der Waals surface area contributed by atoms with E-state index < -0.39 is 5.91 Å². The number of carbonyl (C=O) groups excluding carboxylic acids is 2. The number of carbonyl (C=O) groups is 2. The molecular weight excluding hydrogens is 372 g/mol. The van der Waals surface area contributed by atoms with Crippen LogP contribution in [0.5, 0.6) is 11.5 Å². The van der Waals surface area contributed by atoms with Crippen molar-refractivity contribution in [2.24, 2.45) is 11.0 Å². The number of nitrogens with zero attached hydrogens (tertiary/aromatic N) is 1. The second kappa shape index (κ2) is 7.79. The Morgan fingerprint density at radius 2 is 1.97 bits per heavy atom. The third-order valence-electron chi connectivity index (χ3n) is 4.74. The largest absolute Gasteiger partial charge is 0.493 e. The number of ether oxygens (including phenoxy) is 2. The zero-order chi connectivity index (χ0) is 20.4. The van der Waals surface area contributed by atoms with Gasteiger partial charge in [0, 0.05) is 10.9 Å². The van der Waals surface area contributed by atoms with Crippen LogP contribution in [0.4, 0.5) is 0 Å². The van der Waals surface area contributed by atoms with Crippen molar-refractivity contribution >= 4 is 29.1 Å². The minimum Gasteiger partial charge on any atom is -0.493 e. The number of para-hydroxylation sites is 1. The number of fused-ring (bicyclic) bond motifs is 1. The molecule has 4 rings (SSSR count). The van der Waals surface area contributed by atoms with Crippen molar-refractivity contribution in [1.82, 2.24) is 5.43 Å². The fourth-order valence-electron chi connectivity index (χ4n) is 2.97. The number of rotatable bonds is 6. The highest BCUT2D eigenvalue weighted by Gasteiger charge is 2.32. The molecule has 1 N–H and O–H groups in total. The Labute approximate surface area is 167 Å². The van der Waals surface area contributed by atoms with Gasteiger partial charge in [-0.15, -0.1) is 0 Å². The summed E-state index contributed by atoms with van der Waals surface area (Å²) in [5.74, 6) is 0.335. The molecule has 2 aromatic carbocycles. The Morgan fingerprint density at radius 3 is 2.69 bits per heavy atom. The number of methoxy groups -OCH3 is 1. The number of amides is 1. The van der Waals surface area contributed by atoms with Crippen molar-refractivity contribution in [3.05, 3.63) is 59.4 Å². The number of hydrogen-bond acceptors (Lipinski definition) is 6. The molecule has 3 aromatic rings. The first kappa shape index (κ1) is 18.7. The van der Waals surface area contributed by atoms with E-state index in [0.717, 1.165) is 23.8 Å². The average Bonchev–Trinajstić information content (AvgIpc) is 3.53. The molecule has 1 heterocycles. The summed E-state index contributed by atoms with van der Waals surface area (Å²) in [4.78, 5) is 24.2. The van der Waals surface area contributed by atoms with E-state index in [2.05, 4.69) is 10.5 Å². The van der Waals surface area contributed by atoms with Crippen LogP contribution in [0.2, 0.25) is 0 Å². The molecule has 1 fully saturated rings. The number of aryl methyl sites for hydroxylation is 1. The molecule has 0 spiro atoms. The normalized spacial score (nSPS) is 13.6. The summed E-state index contributed by atoms with van der Waals surface area (Å²) < 4.78 is 16.3. The van der Waals surface area contributed by atoms with Crippen molar-refractivity contribution in [3.8, 4) is 11.5 Å². The monoisotopic (exact) mass is 392 g/mol. The van der Waals surface area contributed by atoms with Crippen LogP contribution in [0, 0.1) is 12.8 Å². The van der Waals surface area contributed by atoms with Crippen LogP contribution >= 0.6 is 0 Å². The minimum absolute atomic E-state index is 0.00198. The third-order valence-corrected chi connectivity index (χ3v) is 4.74. The van der Waals surface area contributed by atoms with Crippen molar-refractivity contribution in [1.29, 1.82) is 0 Å². The lowest BCUT2D eigenvalue weighted by Crippen LogP contribution is -2.17. The summed E-state index contributed by atoms with van der Waals surface area (Å²) in [6.07, 6.45) is 3.22. The van der Waals surface area contributed by atoms with E-state index in [1.807, 2.05) is 31.2 Å². The van der Waals surface area contributed by atoms with Crippen LogP contribution in [-0.4, -0.2) is 25.2 Å². The molecule has 0 atom stereocenters. The maximum Gasteiger partial charge on any atom is 0.314 e. The van der Waals surface area contributed by atoms with Crippen LogP contribution in [0.1, 0.15) is 34.5 Å². The first-order valence-electron chi connectivity index (χ1n) is 9.28. The van der Waals surface area contributed by atoms with E-state index >= 15 is 0 Å². The van der Waals surface area contributed by atoms with Gasteiger partial charge in [-0.05, 0) is 49.6 Å². The van der Waals surface area contributed by atoms with Crippen LogP contribution in [0.3, 0.4) is 0 Å². The highest BCUT2D eigenvalue weighted by atomic mass is 16.6. The average molecular weight is 392 g/mol. The number of hydrazone groups is 1. The Morgan fingerprint density at radius 1 is 1.17 bits per heavy atom. The summed E-state index contributed by atoms with van der Waals surface area (Å²) in [6.45, 7) is 1.83. The van der Waals surface area contributed by atoms with E-state index in [-0.39, 0.29) is 17.6 Å². The van der Waals surface area contributed by atoms with E-state index in [1.165, 1.54) is 13.3 Å². The zero-order valence-corrected chi connectivity index (χ0v) is 16.1. The lowest BCUT2D eigenvalue weighted by atomic mass is 10.1. The van der Waals surface area contributed by atoms with Gasteiger partial charge in [-0.25, -0.2) is 5.43 Å². The van der Waals surface area contributed by atoms with Gasteiger partial charge in [0.2, 0.25) is 0 Å².